The zero-order chi connectivity index (χ0) is 19.6. The number of nitrogens with one attached hydrogen (secondary N) is 2. The van der Waals surface area contributed by atoms with Crippen LogP contribution in [-0.2, 0) is 11.3 Å². The molecule has 3 heterocycles. The highest BCUT2D eigenvalue weighted by atomic mass is 16.1. The van der Waals surface area contributed by atoms with Gasteiger partial charge in [0.2, 0.25) is 5.91 Å². The van der Waals surface area contributed by atoms with Gasteiger partial charge in [-0.3, -0.25) is 9.69 Å². The SMILES string of the molecule is O=C(Cn1c2ccccc2c2nc3ccccc3nc21)NCCN1CCNCC1. The maximum atomic E-state index is 12.7. The molecule has 0 radical (unpaired) electrons. The van der Waals surface area contributed by atoms with Crippen molar-refractivity contribution in [1.29, 1.82) is 0 Å². The Morgan fingerprint density at radius 3 is 2.55 bits per heavy atom. The van der Waals surface area contributed by atoms with E-state index < -0.39 is 0 Å². The van der Waals surface area contributed by atoms with E-state index in [0.29, 0.717) is 6.54 Å². The molecule has 7 nitrogen and oxygen atoms in total. The Kier molecular flexibility index (Phi) is 4.83. The fourth-order valence-electron chi connectivity index (χ4n) is 4.03. The molecule has 1 fully saturated rings. The highest BCUT2D eigenvalue weighted by Crippen LogP contribution is 2.27. The normalized spacial score (nSPS) is 15.3. The van der Waals surface area contributed by atoms with Gasteiger partial charge >= 0.3 is 0 Å². The molecular formula is C22H24N6O. The van der Waals surface area contributed by atoms with Crippen LogP contribution in [0.5, 0.6) is 0 Å². The first-order valence-electron chi connectivity index (χ1n) is 10.1. The molecule has 29 heavy (non-hydrogen) atoms. The van der Waals surface area contributed by atoms with Crippen LogP contribution in [-0.4, -0.2) is 64.6 Å². The van der Waals surface area contributed by atoms with Crippen molar-refractivity contribution in [3.05, 3.63) is 48.5 Å². The third kappa shape index (κ3) is 3.54. The number of rotatable bonds is 5. The molecule has 1 amide bonds. The Balaban J connectivity index is 1.42. The van der Waals surface area contributed by atoms with Gasteiger partial charge in [0.25, 0.3) is 0 Å². The van der Waals surface area contributed by atoms with E-state index in [0.717, 1.165) is 65.8 Å². The molecule has 0 atom stereocenters. The standard InChI is InChI=1S/C22H24N6O/c29-20(24-11-14-27-12-9-23-10-13-27)15-28-19-8-4-1-5-16(19)21-22(28)26-18-7-3-2-6-17(18)25-21/h1-8,23H,9-15H2,(H,24,29). The summed E-state index contributed by atoms with van der Waals surface area (Å²) in [6, 6.07) is 15.9. The summed E-state index contributed by atoms with van der Waals surface area (Å²) in [6.45, 7) is 5.87. The van der Waals surface area contributed by atoms with Crippen molar-refractivity contribution in [1.82, 2.24) is 30.1 Å². The van der Waals surface area contributed by atoms with Crippen LogP contribution in [0.25, 0.3) is 33.1 Å². The summed E-state index contributed by atoms with van der Waals surface area (Å²) in [4.78, 5) is 24.7. The van der Waals surface area contributed by atoms with Crippen molar-refractivity contribution >= 4 is 39.0 Å². The number of hydrogen-bond acceptors (Lipinski definition) is 5. The number of para-hydroxylation sites is 3. The van der Waals surface area contributed by atoms with Crippen LogP contribution in [0.4, 0.5) is 0 Å². The molecule has 0 saturated carbocycles. The number of fused-ring (bicyclic) bond motifs is 4. The van der Waals surface area contributed by atoms with Gasteiger partial charge in [0.05, 0.1) is 16.6 Å². The van der Waals surface area contributed by atoms with E-state index in [9.17, 15) is 4.79 Å². The Labute approximate surface area is 168 Å². The van der Waals surface area contributed by atoms with Gasteiger partial charge in [0.1, 0.15) is 12.1 Å². The van der Waals surface area contributed by atoms with Gasteiger partial charge in [0.15, 0.2) is 5.65 Å². The Bertz CT molecular complexity index is 1180. The molecule has 7 heteroatoms. The number of benzene rings is 2. The average Bonchev–Trinajstić information content (AvgIpc) is 3.06. The molecule has 2 aromatic heterocycles. The van der Waals surface area contributed by atoms with Crippen molar-refractivity contribution in [2.24, 2.45) is 0 Å². The highest BCUT2D eigenvalue weighted by Gasteiger charge is 2.16. The number of carbonyl (C=O) groups excluding carboxylic acids is 1. The smallest absolute Gasteiger partial charge is 0.240 e. The Hall–Kier alpha value is -3.03. The van der Waals surface area contributed by atoms with E-state index >= 15 is 0 Å². The van der Waals surface area contributed by atoms with E-state index in [1.165, 1.54) is 0 Å². The minimum absolute atomic E-state index is 0.00209. The molecule has 2 N–H and O–H groups in total. The van der Waals surface area contributed by atoms with Crippen LogP contribution in [0, 0.1) is 0 Å². The number of hydrogen-bond donors (Lipinski definition) is 2. The van der Waals surface area contributed by atoms with Gasteiger partial charge in [-0.05, 0) is 18.2 Å². The first-order chi connectivity index (χ1) is 14.3. The molecule has 0 aliphatic carbocycles. The van der Waals surface area contributed by atoms with Gasteiger partial charge in [-0.1, -0.05) is 30.3 Å². The van der Waals surface area contributed by atoms with E-state index in [2.05, 4.69) is 15.5 Å². The average molecular weight is 388 g/mol. The number of amides is 1. The quantitative estimate of drug-likeness (QED) is 0.545. The minimum atomic E-state index is -0.00209. The van der Waals surface area contributed by atoms with Gasteiger partial charge in [-0.25, -0.2) is 9.97 Å². The topological polar surface area (TPSA) is 75.1 Å². The fraction of sp³-hybridized carbons (Fsp3) is 0.318. The van der Waals surface area contributed by atoms with Crippen LogP contribution in [0.2, 0.25) is 0 Å². The summed E-state index contributed by atoms with van der Waals surface area (Å²) in [5.41, 5.74) is 4.27. The minimum Gasteiger partial charge on any atom is -0.353 e. The molecule has 1 aliphatic heterocycles. The molecule has 1 aliphatic rings. The van der Waals surface area contributed by atoms with Gasteiger partial charge in [-0.15, -0.1) is 0 Å². The third-order valence-corrected chi connectivity index (χ3v) is 5.52. The lowest BCUT2D eigenvalue weighted by Gasteiger charge is -2.27. The van der Waals surface area contributed by atoms with Crippen LogP contribution < -0.4 is 10.6 Å². The first-order valence-corrected chi connectivity index (χ1v) is 10.1. The van der Waals surface area contributed by atoms with Crippen molar-refractivity contribution in [2.75, 3.05) is 39.3 Å². The molecular weight excluding hydrogens is 364 g/mol. The molecule has 4 aromatic rings. The van der Waals surface area contributed by atoms with Crippen LogP contribution in [0.3, 0.4) is 0 Å². The number of aromatic nitrogens is 3. The van der Waals surface area contributed by atoms with E-state index in [4.69, 9.17) is 9.97 Å². The molecule has 0 unspecified atom stereocenters. The molecule has 2 aromatic carbocycles. The zero-order valence-corrected chi connectivity index (χ0v) is 16.3. The monoisotopic (exact) mass is 388 g/mol. The number of nitrogens with zero attached hydrogens (tertiary/aromatic N) is 4. The Morgan fingerprint density at radius 1 is 1.00 bits per heavy atom. The predicted octanol–water partition coefficient (Wildman–Crippen LogP) is 1.76. The van der Waals surface area contributed by atoms with E-state index in [1.54, 1.807) is 0 Å². The zero-order valence-electron chi connectivity index (χ0n) is 16.3. The third-order valence-electron chi connectivity index (χ3n) is 5.52. The van der Waals surface area contributed by atoms with Gasteiger partial charge in [0, 0.05) is 44.7 Å². The number of carbonyl (C=O) groups is 1. The summed E-state index contributed by atoms with van der Waals surface area (Å²) in [5.74, 6) is -0.00209. The summed E-state index contributed by atoms with van der Waals surface area (Å²) in [5, 5.41) is 7.43. The van der Waals surface area contributed by atoms with E-state index in [-0.39, 0.29) is 12.5 Å². The molecule has 0 bridgehead atoms. The van der Waals surface area contributed by atoms with Gasteiger partial charge < -0.3 is 15.2 Å². The van der Waals surface area contributed by atoms with Crippen LogP contribution in [0.1, 0.15) is 0 Å². The summed E-state index contributed by atoms with van der Waals surface area (Å²) in [6.07, 6.45) is 0. The van der Waals surface area contributed by atoms with Crippen molar-refractivity contribution in [3.8, 4) is 0 Å². The van der Waals surface area contributed by atoms with Crippen LogP contribution in [0.15, 0.2) is 48.5 Å². The molecule has 1 saturated heterocycles. The lowest BCUT2D eigenvalue weighted by molar-refractivity contribution is -0.121. The fourth-order valence-corrected chi connectivity index (χ4v) is 4.03. The van der Waals surface area contributed by atoms with Crippen molar-refractivity contribution in [2.45, 2.75) is 6.54 Å². The van der Waals surface area contributed by atoms with E-state index in [1.807, 2.05) is 53.1 Å². The molecule has 148 valence electrons. The second-order valence-corrected chi connectivity index (χ2v) is 7.43. The lowest BCUT2D eigenvalue weighted by Crippen LogP contribution is -2.46. The maximum Gasteiger partial charge on any atom is 0.240 e. The summed E-state index contributed by atoms with van der Waals surface area (Å²) >= 11 is 0. The molecule has 5 rings (SSSR count). The largest absolute Gasteiger partial charge is 0.353 e. The second kappa shape index (κ2) is 7.77. The van der Waals surface area contributed by atoms with Crippen molar-refractivity contribution < 1.29 is 4.79 Å². The highest BCUT2D eigenvalue weighted by molar-refractivity contribution is 6.07. The van der Waals surface area contributed by atoms with Gasteiger partial charge in [-0.2, -0.15) is 0 Å². The summed E-state index contributed by atoms with van der Waals surface area (Å²) in [7, 11) is 0. The number of piperazine rings is 1. The molecule has 0 spiro atoms. The van der Waals surface area contributed by atoms with Crippen LogP contribution >= 0.6 is 0 Å². The second-order valence-electron chi connectivity index (χ2n) is 7.43. The first kappa shape index (κ1) is 18.0. The maximum absolute atomic E-state index is 12.7. The lowest BCUT2D eigenvalue weighted by atomic mass is 10.2. The summed E-state index contributed by atoms with van der Waals surface area (Å²) < 4.78 is 1.98. The predicted molar refractivity (Wildman–Crippen MR) is 115 cm³/mol. The van der Waals surface area contributed by atoms with Crippen molar-refractivity contribution in [3.63, 3.8) is 0 Å². The Morgan fingerprint density at radius 2 is 1.72 bits per heavy atom.